The van der Waals surface area contributed by atoms with E-state index >= 15 is 0 Å². The third-order valence-corrected chi connectivity index (χ3v) is 3.73. The molecule has 7 nitrogen and oxygen atoms in total. The topological polar surface area (TPSA) is 74.3 Å². The minimum absolute atomic E-state index is 0.303. The van der Waals surface area contributed by atoms with Crippen LogP contribution in [0.25, 0.3) is 22.7 Å². The van der Waals surface area contributed by atoms with Crippen molar-refractivity contribution in [3.63, 3.8) is 0 Å². The number of rotatable bonds is 4. The number of esters is 1. The summed E-state index contributed by atoms with van der Waals surface area (Å²) in [5, 5.41) is 9.03. The Hall–Kier alpha value is -3.48. The Balaban J connectivity index is 1.84. The molecule has 0 amide bonds. The summed E-state index contributed by atoms with van der Waals surface area (Å²) in [5.74, 6) is 0.176. The van der Waals surface area contributed by atoms with Crippen LogP contribution in [0.15, 0.2) is 61.1 Å². The van der Waals surface area contributed by atoms with E-state index in [0.29, 0.717) is 23.7 Å². The zero-order valence-corrected chi connectivity index (χ0v) is 13.5. The highest BCUT2D eigenvalue weighted by Crippen LogP contribution is 2.24. The van der Waals surface area contributed by atoms with Crippen LogP contribution < -0.4 is 0 Å². The Kier molecular flexibility index (Phi) is 3.74. The van der Waals surface area contributed by atoms with Gasteiger partial charge in [-0.1, -0.05) is 30.3 Å². The first-order valence-corrected chi connectivity index (χ1v) is 7.89. The lowest BCUT2D eigenvalue weighted by Crippen LogP contribution is -2.05. The van der Waals surface area contributed by atoms with Crippen molar-refractivity contribution < 1.29 is 9.53 Å². The van der Waals surface area contributed by atoms with Crippen molar-refractivity contribution in [1.82, 2.24) is 24.4 Å². The van der Waals surface area contributed by atoms with Crippen molar-refractivity contribution >= 4 is 11.6 Å². The lowest BCUT2D eigenvalue weighted by Gasteiger charge is -2.01. The average Bonchev–Trinajstić information content (AvgIpc) is 3.29. The summed E-state index contributed by atoms with van der Waals surface area (Å²) in [7, 11) is 0. The molecule has 4 aromatic rings. The number of fused-ring (bicyclic) bond motifs is 1. The predicted molar refractivity (Wildman–Crippen MR) is 91.5 cm³/mol. The van der Waals surface area contributed by atoms with Crippen molar-refractivity contribution in [2.45, 2.75) is 6.92 Å². The van der Waals surface area contributed by atoms with E-state index in [-0.39, 0.29) is 0 Å². The van der Waals surface area contributed by atoms with Gasteiger partial charge in [-0.15, -0.1) is 5.10 Å². The summed E-state index contributed by atoms with van der Waals surface area (Å²) in [4.78, 5) is 16.5. The van der Waals surface area contributed by atoms with E-state index in [2.05, 4.69) is 15.2 Å². The molecule has 1 aromatic carbocycles. The largest absolute Gasteiger partial charge is 0.462 e. The first-order chi connectivity index (χ1) is 12.3. The van der Waals surface area contributed by atoms with Crippen LogP contribution >= 0.6 is 0 Å². The van der Waals surface area contributed by atoms with Crippen LogP contribution in [0.4, 0.5) is 0 Å². The van der Waals surface area contributed by atoms with Gasteiger partial charge in [-0.2, -0.15) is 5.10 Å². The van der Waals surface area contributed by atoms with Gasteiger partial charge in [0.1, 0.15) is 11.3 Å². The Morgan fingerprint density at radius 3 is 2.76 bits per heavy atom. The molecule has 0 atom stereocenters. The lowest BCUT2D eigenvalue weighted by atomic mass is 10.1. The molecule has 25 heavy (non-hydrogen) atoms. The van der Waals surface area contributed by atoms with Gasteiger partial charge in [0, 0.05) is 24.2 Å². The Morgan fingerprint density at radius 2 is 1.96 bits per heavy atom. The zero-order valence-electron chi connectivity index (χ0n) is 13.5. The molecule has 7 heteroatoms. The van der Waals surface area contributed by atoms with Crippen LogP contribution in [0, 0.1) is 0 Å². The summed E-state index contributed by atoms with van der Waals surface area (Å²) in [6.07, 6.45) is 5.08. The summed E-state index contributed by atoms with van der Waals surface area (Å²) >= 11 is 0. The van der Waals surface area contributed by atoms with Gasteiger partial charge in [0.2, 0.25) is 0 Å². The molecule has 3 heterocycles. The summed E-state index contributed by atoms with van der Waals surface area (Å²) in [6.45, 7) is 2.08. The minimum Gasteiger partial charge on any atom is -0.462 e. The second-order valence-electron chi connectivity index (χ2n) is 5.34. The molecule has 0 aliphatic heterocycles. The second kappa shape index (κ2) is 6.20. The summed E-state index contributed by atoms with van der Waals surface area (Å²) in [5.41, 5.74) is 2.55. The molecule has 0 saturated heterocycles. The molecule has 0 aliphatic carbocycles. The third-order valence-electron chi connectivity index (χ3n) is 3.73. The number of aromatic nitrogens is 5. The number of carbonyl (C=O) groups is 1. The van der Waals surface area contributed by atoms with E-state index in [1.807, 2.05) is 36.4 Å². The molecule has 4 rings (SSSR count). The fraction of sp³-hybridized carbons (Fsp3) is 0.111. The van der Waals surface area contributed by atoms with Crippen LogP contribution in [0.3, 0.4) is 0 Å². The SMILES string of the molecule is CCOC(=O)c1cn(-c2ccc3nccn3n2)nc1-c1ccccc1. The zero-order chi connectivity index (χ0) is 17.2. The molecule has 0 aliphatic rings. The maximum Gasteiger partial charge on any atom is 0.342 e. The highest BCUT2D eigenvalue weighted by atomic mass is 16.5. The summed E-state index contributed by atoms with van der Waals surface area (Å²) in [6, 6.07) is 13.2. The van der Waals surface area contributed by atoms with E-state index in [4.69, 9.17) is 4.74 Å². The second-order valence-corrected chi connectivity index (χ2v) is 5.34. The van der Waals surface area contributed by atoms with E-state index in [1.165, 1.54) is 0 Å². The number of ether oxygens (including phenoxy) is 1. The normalized spacial score (nSPS) is 10.9. The van der Waals surface area contributed by atoms with Crippen molar-refractivity contribution in [3.8, 4) is 17.1 Å². The molecule has 124 valence electrons. The molecule has 3 aromatic heterocycles. The smallest absolute Gasteiger partial charge is 0.342 e. The quantitative estimate of drug-likeness (QED) is 0.537. The minimum atomic E-state index is -0.406. The van der Waals surface area contributed by atoms with Gasteiger partial charge >= 0.3 is 5.97 Å². The van der Waals surface area contributed by atoms with Crippen molar-refractivity contribution in [2.24, 2.45) is 0 Å². The fourth-order valence-corrected chi connectivity index (χ4v) is 2.59. The van der Waals surface area contributed by atoms with Crippen LogP contribution in [-0.2, 0) is 4.74 Å². The van der Waals surface area contributed by atoms with Gasteiger partial charge in [0.15, 0.2) is 11.5 Å². The number of benzene rings is 1. The molecule has 0 spiro atoms. The number of hydrogen-bond donors (Lipinski definition) is 0. The molecule has 0 bridgehead atoms. The van der Waals surface area contributed by atoms with E-state index in [0.717, 1.165) is 11.2 Å². The molecule has 0 radical (unpaired) electrons. The van der Waals surface area contributed by atoms with Gasteiger partial charge in [-0.05, 0) is 19.1 Å². The first-order valence-electron chi connectivity index (χ1n) is 7.89. The van der Waals surface area contributed by atoms with Crippen molar-refractivity contribution in [3.05, 3.63) is 66.6 Å². The summed E-state index contributed by atoms with van der Waals surface area (Å²) < 4.78 is 8.40. The number of carbonyl (C=O) groups excluding carboxylic acids is 1. The lowest BCUT2D eigenvalue weighted by molar-refractivity contribution is 0.0527. The molecule has 0 fully saturated rings. The number of imidazole rings is 1. The highest BCUT2D eigenvalue weighted by Gasteiger charge is 2.20. The van der Waals surface area contributed by atoms with Gasteiger partial charge < -0.3 is 4.74 Å². The molecule has 0 unspecified atom stereocenters. The molecular formula is C18H15N5O2. The molecular weight excluding hydrogens is 318 g/mol. The highest BCUT2D eigenvalue weighted by molar-refractivity contribution is 5.96. The monoisotopic (exact) mass is 333 g/mol. The first kappa shape index (κ1) is 15.1. The maximum atomic E-state index is 12.3. The van der Waals surface area contributed by atoms with E-state index in [9.17, 15) is 4.79 Å². The van der Waals surface area contributed by atoms with Gasteiger partial charge in [-0.3, -0.25) is 0 Å². The average molecular weight is 333 g/mol. The van der Waals surface area contributed by atoms with Crippen LogP contribution in [-0.4, -0.2) is 37.0 Å². The predicted octanol–water partition coefficient (Wildman–Crippen LogP) is 2.76. The third kappa shape index (κ3) is 2.76. The number of nitrogens with zero attached hydrogens (tertiary/aromatic N) is 5. The standard InChI is InChI=1S/C18H15N5O2/c1-2-25-18(24)14-12-23(21-17(14)13-6-4-3-5-7-13)16-9-8-15-19-10-11-22(15)20-16/h3-12H,2H2,1H3. The number of hydrogen-bond acceptors (Lipinski definition) is 5. The van der Waals surface area contributed by atoms with Crippen LogP contribution in [0.1, 0.15) is 17.3 Å². The Bertz CT molecular complexity index is 1040. The molecule has 0 N–H and O–H groups in total. The van der Waals surface area contributed by atoms with Crippen LogP contribution in [0.5, 0.6) is 0 Å². The Labute approximate surface area is 143 Å². The maximum absolute atomic E-state index is 12.3. The van der Waals surface area contributed by atoms with Gasteiger partial charge in [0.25, 0.3) is 0 Å². The van der Waals surface area contributed by atoms with Crippen LogP contribution in [0.2, 0.25) is 0 Å². The van der Waals surface area contributed by atoms with E-state index < -0.39 is 5.97 Å². The van der Waals surface area contributed by atoms with E-state index in [1.54, 1.807) is 40.8 Å². The van der Waals surface area contributed by atoms with Gasteiger partial charge in [-0.25, -0.2) is 19.0 Å². The molecule has 0 saturated carbocycles. The Morgan fingerprint density at radius 1 is 1.12 bits per heavy atom. The van der Waals surface area contributed by atoms with Gasteiger partial charge in [0.05, 0.1) is 6.61 Å². The van der Waals surface area contributed by atoms with Crippen molar-refractivity contribution in [2.75, 3.05) is 6.61 Å². The van der Waals surface area contributed by atoms with Crippen molar-refractivity contribution in [1.29, 1.82) is 0 Å². The fourth-order valence-electron chi connectivity index (χ4n) is 2.59.